The third-order valence-electron chi connectivity index (χ3n) is 4.52. The minimum absolute atomic E-state index is 0.0188. The molecule has 1 N–H and O–H groups in total. The Hall–Kier alpha value is -2.54. The predicted octanol–water partition coefficient (Wildman–Crippen LogP) is 3.10. The van der Waals surface area contributed by atoms with Crippen LogP contribution in [0.15, 0.2) is 41.3 Å². The quantitative estimate of drug-likeness (QED) is 0.892. The molecule has 3 rings (SSSR count). The molecule has 138 valence electrons. The molecular weight excluding hydrogens is 352 g/mol. The van der Waals surface area contributed by atoms with E-state index in [4.69, 9.17) is 4.74 Å². The summed E-state index contributed by atoms with van der Waals surface area (Å²) in [5.74, 6) is 0.409. The van der Waals surface area contributed by atoms with E-state index in [-0.39, 0.29) is 16.8 Å². The van der Waals surface area contributed by atoms with Gasteiger partial charge < -0.3 is 9.64 Å². The van der Waals surface area contributed by atoms with Crippen molar-refractivity contribution in [1.29, 1.82) is 0 Å². The lowest BCUT2D eigenvalue weighted by Gasteiger charge is -2.20. The summed E-state index contributed by atoms with van der Waals surface area (Å²) in [6, 6.07) is 10.2. The highest BCUT2D eigenvalue weighted by Crippen LogP contribution is 2.35. The van der Waals surface area contributed by atoms with E-state index in [0.29, 0.717) is 17.9 Å². The van der Waals surface area contributed by atoms with Crippen LogP contribution in [0.2, 0.25) is 0 Å². The van der Waals surface area contributed by atoms with Crippen LogP contribution in [0, 0.1) is 6.92 Å². The van der Waals surface area contributed by atoms with Crippen molar-refractivity contribution < 1.29 is 17.9 Å². The Morgan fingerprint density at radius 1 is 1.23 bits per heavy atom. The van der Waals surface area contributed by atoms with Crippen LogP contribution in [0.5, 0.6) is 5.75 Å². The molecule has 0 saturated carbocycles. The number of nitrogens with one attached hydrogen (secondary N) is 1. The molecule has 7 heteroatoms. The van der Waals surface area contributed by atoms with E-state index in [1.165, 1.54) is 20.1 Å². The summed E-state index contributed by atoms with van der Waals surface area (Å²) in [7, 11) is -2.28. The zero-order valence-corrected chi connectivity index (χ0v) is 16.1. The van der Waals surface area contributed by atoms with Crippen LogP contribution in [-0.2, 0) is 21.2 Å². The van der Waals surface area contributed by atoms with E-state index in [2.05, 4.69) is 4.72 Å². The highest BCUT2D eigenvalue weighted by molar-refractivity contribution is 7.92. The third kappa shape index (κ3) is 3.26. The summed E-state index contributed by atoms with van der Waals surface area (Å²) in [5.41, 5.74) is 2.94. The molecule has 0 bridgehead atoms. The van der Waals surface area contributed by atoms with E-state index in [1.54, 1.807) is 29.2 Å². The number of anilines is 2. The SMILES string of the molecule is COc1ccc(C)cc1NS(=O)(=O)c1ccc2c(c1)C[C@@H](C)N2C(C)=O. The maximum atomic E-state index is 12.8. The van der Waals surface area contributed by atoms with Gasteiger partial charge in [-0.2, -0.15) is 0 Å². The van der Waals surface area contributed by atoms with Gasteiger partial charge in [-0.15, -0.1) is 0 Å². The molecule has 2 aromatic rings. The van der Waals surface area contributed by atoms with Crippen LogP contribution >= 0.6 is 0 Å². The van der Waals surface area contributed by atoms with Crippen molar-refractivity contribution in [3.63, 3.8) is 0 Å². The Morgan fingerprint density at radius 3 is 2.62 bits per heavy atom. The average molecular weight is 374 g/mol. The number of rotatable bonds is 4. The molecule has 26 heavy (non-hydrogen) atoms. The van der Waals surface area contributed by atoms with Gasteiger partial charge in [0.25, 0.3) is 10.0 Å². The fraction of sp³-hybridized carbons (Fsp3) is 0.316. The van der Waals surface area contributed by atoms with Crippen molar-refractivity contribution in [1.82, 2.24) is 0 Å². The largest absolute Gasteiger partial charge is 0.495 e. The van der Waals surface area contributed by atoms with E-state index < -0.39 is 10.0 Å². The molecule has 0 fully saturated rings. The van der Waals surface area contributed by atoms with Crippen molar-refractivity contribution >= 4 is 27.3 Å². The van der Waals surface area contributed by atoms with Crippen LogP contribution in [0.1, 0.15) is 25.0 Å². The third-order valence-corrected chi connectivity index (χ3v) is 5.88. The molecule has 6 nitrogen and oxygen atoms in total. The molecule has 1 aliphatic heterocycles. The highest BCUT2D eigenvalue weighted by Gasteiger charge is 2.30. The number of fused-ring (bicyclic) bond motifs is 1. The lowest BCUT2D eigenvalue weighted by atomic mass is 10.1. The Labute approximate surface area is 153 Å². The number of amides is 1. The van der Waals surface area contributed by atoms with Crippen molar-refractivity contribution in [3.8, 4) is 5.75 Å². The number of sulfonamides is 1. The van der Waals surface area contributed by atoms with Gasteiger partial charge in [-0.25, -0.2) is 8.42 Å². The van der Waals surface area contributed by atoms with Gasteiger partial charge in [0.05, 0.1) is 17.7 Å². The van der Waals surface area contributed by atoms with Crippen molar-refractivity contribution in [3.05, 3.63) is 47.5 Å². The monoisotopic (exact) mass is 374 g/mol. The normalized spacial score (nSPS) is 16.3. The molecule has 0 aromatic heterocycles. The summed E-state index contributed by atoms with van der Waals surface area (Å²) in [5, 5.41) is 0. The second-order valence-electron chi connectivity index (χ2n) is 6.54. The Kier molecular flexibility index (Phi) is 4.66. The van der Waals surface area contributed by atoms with Crippen LogP contribution in [0.4, 0.5) is 11.4 Å². The van der Waals surface area contributed by atoms with Gasteiger partial charge in [-0.3, -0.25) is 9.52 Å². The summed E-state index contributed by atoms with van der Waals surface area (Å²) < 4.78 is 33.5. The molecular formula is C19H22N2O4S. The van der Waals surface area contributed by atoms with Crippen LogP contribution in [-0.4, -0.2) is 27.5 Å². The van der Waals surface area contributed by atoms with Gasteiger partial charge in [0, 0.05) is 18.7 Å². The molecule has 0 radical (unpaired) electrons. The van der Waals surface area contributed by atoms with Gasteiger partial charge in [0.1, 0.15) is 5.75 Å². The van der Waals surface area contributed by atoms with Gasteiger partial charge in [-0.1, -0.05) is 6.07 Å². The van der Waals surface area contributed by atoms with Crippen LogP contribution < -0.4 is 14.4 Å². The van der Waals surface area contributed by atoms with Crippen LogP contribution in [0.25, 0.3) is 0 Å². The zero-order chi connectivity index (χ0) is 19.1. The Morgan fingerprint density at radius 2 is 1.96 bits per heavy atom. The first-order valence-corrected chi connectivity index (χ1v) is 9.81. The number of ether oxygens (including phenoxy) is 1. The minimum Gasteiger partial charge on any atom is -0.495 e. The molecule has 0 saturated heterocycles. The van der Waals surface area contributed by atoms with Crippen LogP contribution in [0.3, 0.4) is 0 Å². The molecule has 0 unspecified atom stereocenters. The van der Waals surface area contributed by atoms with Crippen molar-refractivity contribution in [2.24, 2.45) is 0 Å². The first kappa shape index (κ1) is 18.3. The number of hydrogen-bond acceptors (Lipinski definition) is 4. The second-order valence-corrected chi connectivity index (χ2v) is 8.22. The number of methoxy groups -OCH3 is 1. The molecule has 0 aliphatic carbocycles. The lowest BCUT2D eigenvalue weighted by Crippen LogP contribution is -2.33. The minimum atomic E-state index is -3.77. The van der Waals surface area contributed by atoms with E-state index in [1.807, 2.05) is 19.9 Å². The number of aryl methyl sites for hydroxylation is 1. The standard InChI is InChI=1S/C19H22N2O4S/c1-12-5-8-19(25-4)17(9-12)20-26(23,24)16-6-7-18-15(11-16)10-13(2)21(18)14(3)22/h5-9,11,13,20H,10H2,1-4H3/t13-/m1/s1. The summed E-state index contributed by atoms with van der Waals surface area (Å²) in [4.78, 5) is 13.7. The molecule has 1 aliphatic rings. The number of carbonyl (C=O) groups is 1. The van der Waals surface area contributed by atoms with Gasteiger partial charge in [0.15, 0.2) is 0 Å². The first-order chi connectivity index (χ1) is 12.2. The lowest BCUT2D eigenvalue weighted by molar-refractivity contribution is -0.116. The smallest absolute Gasteiger partial charge is 0.262 e. The summed E-state index contributed by atoms with van der Waals surface area (Å²) >= 11 is 0. The van der Waals surface area contributed by atoms with E-state index in [0.717, 1.165) is 16.8 Å². The topological polar surface area (TPSA) is 75.7 Å². The molecule has 1 atom stereocenters. The number of benzene rings is 2. The highest BCUT2D eigenvalue weighted by atomic mass is 32.2. The van der Waals surface area contributed by atoms with Gasteiger partial charge >= 0.3 is 0 Å². The van der Waals surface area contributed by atoms with Gasteiger partial charge in [-0.05, 0) is 61.7 Å². The number of hydrogen-bond donors (Lipinski definition) is 1. The predicted molar refractivity (Wildman–Crippen MR) is 101 cm³/mol. The molecule has 0 spiro atoms. The zero-order valence-electron chi connectivity index (χ0n) is 15.2. The van der Waals surface area contributed by atoms with Gasteiger partial charge in [0.2, 0.25) is 5.91 Å². The molecule has 1 heterocycles. The fourth-order valence-electron chi connectivity index (χ4n) is 3.36. The summed E-state index contributed by atoms with van der Waals surface area (Å²) in [6.07, 6.45) is 0.631. The number of carbonyl (C=O) groups excluding carboxylic acids is 1. The van der Waals surface area contributed by atoms with E-state index in [9.17, 15) is 13.2 Å². The average Bonchev–Trinajstić information content (AvgIpc) is 2.89. The maximum absolute atomic E-state index is 12.8. The fourth-order valence-corrected chi connectivity index (χ4v) is 4.47. The second kappa shape index (κ2) is 6.64. The Bertz CT molecular complexity index is 969. The first-order valence-electron chi connectivity index (χ1n) is 8.33. The van der Waals surface area contributed by atoms with Crippen molar-refractivity contribution in [2.75, 3.05) is 16.7 Å². The van der Waals surface area contributed by atoms with Crippen molar-refractivity contribution in [2.45, 2.75) is 38.1 Å². The number of nitrogens with zero attached hydrogens (tertiary/aromatic N) is 1. The molecule has 1 amide bonds. The molecule has 2 aromatic carbocycles. The van der Waals surface area contributed by atoms with E-state index >= 15 is 0 Å². The maximum Gasteiger partial charge on any atom is 0.262 e. The Balaban J connectivity index is 1.96. The summed E-state index contributed by atoms with van der Waals surface area (Å²) in [6.45, 7) is 5.34.